The SMILES string of the molecule is C=CCC(C)NC(=O)c1cc(S)ccc1Cl. The predicted molar refractivity (Wildman–Crippen MR) is 70.4 cm³/mol. The zero-order chi connectivity index (χ0) is 12.1. The lowest BCUT2D eigenvalue weighted by Gasteiger charge is -2.12. The molecule has 0 radical (unpaired) electrons. The maximum Gasteiger partial charge on any atom is 0.253 e. The molecular weight excluding hydrogens is 242 g/mol. The summed E-state index contributed by atoms with van der Waals surface area (Å²) in [5.41, 5.74) is 0.449. The molecule has 1 aromatic carbocycles. The Hall–Kier alpha value is -0.930. The van der Waals surface area contributed by atoms with Crippen molar-refractivity contribution in [3.63, 3.8) is 0 Å². The molecule has 0 spiro atoms. The molecule has 2 nitrogen and oxygen atoms in total. The molecule has 86 valence electrons. The number of hydrogen-bond acceptors (Lipinski definition) is 2. The maximum atomic E-state index is 11.8. The van der Waals surface area contributed by atoms with Crippen LogP contribution in [0.5, 0.6) is 0 Å². The van der Waals surface area contributed by atoms with Gasteiger partial charge in [-0.3, -0.25) is 4.79 Å². The molecule has 0 aliphatic carbocycles. The van der Waals surface area contributed by atoms with Crippen LogP contribution in [0.4, 0.5) is 0 Å². The highest BCUT2D eigenvalue weighted by Crippen LogP contribution is 2.19. The van der Waals surface area contributed by atoms with E-state index in [1.807, 2.05) is 6.92 Å². The van der Waals surface area contributed by atoms with Gasteiger partial charge in [-0.1, -0.05) is 17.7 Å². The highest BCUT2D eigenvalue weighted by atomic mass is 35.5. The Morgan fingerprint density at radius 3 is 3.00 bits per heavy atom. The molecule has 1 N–H and O–H groups in total. The highest BCUT2D eigenvalue weighted by molar-refractivity contribution is 7.80. The summed E-state index contributed by atoms with van der Waals surface area (Å²) >= 11 is 10.1. The highest BCUT2D eigenvalue weighted by Gasteiger charge is 2.12. The van der Waals surface area contributed by atoms with Gasteiger partial charge in [-0.05, 0) is 31.5 Å². The number of nitrogens with one attached hydrogen (secondary N) is 1. The standard InChI is InChI=1S/C12H14ClNOS/c1-3-4-8(2)14-12(15)10-7-9(16)5-6-11(10)13/h3,5-8,16H,1,4H2,2H3,(H,14,15). The van der Waals surface area contributed by atoms with Crippen LogP contribution in [-0.2, 0) is 0 Å². The van der Waals surface area contributed by atoms with Crippen LogP contribution in [-0.4, -0.2) is 11.9 Å². The fraction of sp³-hybridized carbons (Fsp3) is 0.250. The van der Waals surface area contributed by atoms with Crippen LogP contribution in [0.25, 0.3) is 0 Å². The second-order valence-corrected chi connectivity index (χ2v) is 4.49. The third-order valence-corrected chi connectivity index (χ3v) is 2.70. The second-order valence-electron chi connectivity index (χ2n) is 3.56. The molecule has 1 atom stereocenters. The van der Waals surface area contributed by atoms with Gasteiger partial charge in [0.25, 0.3) is 5.91 Å². The van der Waals surface area contributed by atoms with E-state index in [1.165, 1.54) is 0 Å². The zero-order valence-electron chi connectivity index (χ0n) is 9.03. The summed E-state index contributed by atoms with van der Waals surface area (Å²) in [5, 5.41) is 3.27. The predicted octanol–water partition coefficient (Wildman–Crippen LogP) is 3.32. The van der Waals surface area contributed by atoms with Crippen molar-refractivity contribution in [2.45, 2.75) is 24.3 Å². The zero-order valence-corrected chi connectivity index (χ0v) is 10.7. The minimum Gasteiger partial charge on any atom is -0.349 e. The molecule has 1 amide bonds. The van der Waals surface area contributed by atoms with Gasteiger partial charge in [-0.2, -0.15) is 0 Å². The van der Waals surface area contributed by atoms with Gasteiger partial charge in [0.15, 0.2) is 0 Å². The molecule has 0 bridgehead atoms. The Labute approximate surface area is 106 Å². The van der Waals surface area contributed by atoms with E-state index in [-0.39, 0.29) is 11.9 Å². The normalized spacial score (nSPS) is 11.9. The smallest absolute Gasteiger partial charge is 0.253 e. The van der Waals surface area contributed by atoms with E-state index in [0.717, 1.165) is 6.42 Å². The Bertz CT molecular complexity index is 406. The van der Waals surface area contributed by atoms with Gasteiger partial charge in [0.05, 0.1) is 10.6 Å². The van der Waals surface area contributed by atoms with E-state index in [4.69, 9.17) is 11.6 Å². The quantitative estimate of drug-likeness (QED) is 0.627. The van der Waals surface area contributed by atoms with Crippen LogP contribution in [0, 0.1) is 0 Å². The van der Waals surface area contributed by atoms with E-state index >= 15 is 0 Å². The maximum absolute atomic E-state index is 11.8. The summed E-state index contributed by atoms with van der Waals surface area (Å²) in [6.07, 6.45) is 2.49. The van der Waals surface area contributed by atoms with Crippen LogP contribution >= 0.6 is 24.2 Å². The van der Waals surface area contributed by atoms with Gasteiger partial charge in [0.2, 0.25) is 0 Å². The number of rotatable bonds is 4. The lowest BCUT2D eigenvalue weighted by Crippen LogP contribution is -2.32. The number of benzene rings is 1. The van der Waals surface area contributed by atoms with E-state index in [9.17, 15) is 4.79 Å². The van der Waals surface area contributed by atoms with E-state index in [2.05, 4.69) is 24.5 Å². The van der Waals surface area contributed by atoms with Crippen molar-refractivity contribution in [3.05, 3.63) is 41.4 Å². The lowest BCUT2D eigenvalue weighted by atomic mass is 10.1. The average Bonchev–Trinajstić information content (AvgIpc) is 2.21. The third-order valence-electron chi connectivity index (χ3n) is 2.09. The van der Waals surface area contributed by atoms with Gasteiger partial charge in [0, 0.05) is 10.9 Å². The minimum atomic E-state index is -0.185. The molecule has 1 aromatic rings. The Morgan fingerprint density at radius 2 is 2.38 bits per heavy atom. The first-order valence-corrected chi connectivity index (χ1v) is 5.77. The molecule has 16 heavy (non-hydrogen) atoms. The summed E-state index contributed by atoms with van der Waals surface area (Å²) in [6.45, 7) is 5.54. The van der Waals surface area contributed by atoms with Gasteiger partial charge in [-0.15, -0.1) is 19.2 Å². The van der Waals surface area contributed by atoms with Crippen molar-refractivity contribution in [2.24, 2.45) is 0 Å². The van der Waals surface area contributed by atoms with E-state index < -0.39 is 0 Å². The lowest BCUT2D eigenvalue weighted by molar-refractivity contribution is 0.0940. The van der Waals surface area contributed by atoms with Crippen molar-refractivity contribution < 1.29 is 4.79 Å². The summed E-state index contributed by atoms with van der Waals surface area (Å²) in [7, 11) is 0. The fourth-order valence-electron chi connectivity index (χ4n) is 1.30. The molecule has 0 aliphatic heterocycles. The molecule has 1 rings (SSSR count). The molecule has 0 aromatic heterocycles. The van der Waals surface area contributed by atoms with E-state index in [0.29, 0.717) is 15.5 Å². The molecule has 0 aliphatic rings. The summed E-state index contributed by atoms with van der Waals surface area (Å²) in [6, 6.07) is 5.11. The first-order chi connectivity index (χ1) is 7.54. The van der Waals surface area contributed by atoms with Crippen LogP contribution < -0.4 is 5.32 Å². The largest absolute Gasteiger partial charge is 0.349 e. The third kappa shape index (κ3) is 3.58. The first kappa shape index (κ1) is 13.1. The van der Waals surface area contributed by atoms with Crippen LogP contribution in [0.2, 0.25) is 5.02 Å². The van der Waals surface area contributed by atoms with Crippen LogP contribution in [0.1, 0.15) is 23.7 Å². The molecule has 0 saturated carbocycles. The molecule has 0 heterocycles. The number of thiol groups is 1. The van der Waals surface area contributed by atoms with Crippen molar-refractivity contribution in [2.75, 3.05) is 0 Å². The molecular formula is C12H14ClNOS. The Kier molecular flexibility index (Phi) is 4.90. The van der Waals surface area contributed by atoms with Gasteiger partial charge in [0.1, 0.15) is 0 Å². The molecule has 0 fully saturated rings. The number of carbonyl (C=O) groups excluding carboxylic acids is 1. The topological polar surface area (TPSA) is 29.1 Å². The molecule has 4 heteroatoms. The monoisotopic (exact) mass is 255 g/mol. The second kappa shape index (κ2) is 5.97. The fourth-order valence-corrected chi connectivity index (χ4v) is 1.70. The summed E-state index contributed by atoms with van der Waals surface area (Å²) in [5.74, 6) is -0.185. The Morgan fingerprint density at radius 1 is 1.69 bits per heavy atom. The Balaban J connectivity index is 2.80. The van der Waals surface area contributed by atoms with Gasteiger partial charge in [-0.25, -0.2) is 0 Å². The number of carbonyl (C=O) groups is 1. The average molecular weight is 256 g/mol. The van der Waals surface area contributed by atoms with E-state index in [1.54, 1.807) is 24.3 Å². The minimum absolute atomic E-state index is 0.0460. The van der Waals surface area contributed by atoms with Crippen molar-refractivity contribution in [3.8, 4) is 0 Å². The summed E-state index contributed by atoms with van der Waals surface area (Å²) in [4.78, 5) is 12.6. The van der Waals surface area contributed by atoms with Crippen LogP contribution in [0.3, 0.4) is 0 Å². The van der Waals surface area contributed by atoms with Crippen molar-refractivity contribution in [1.29, 1.82) is 0 Å². The number of amides is 1. The number of hydrogen-bond donors (Lipinski definition) is 2. The summed E-state index contributed by atoms with van der Waals surface area (Å²) < 4.78 is 0. The van der Waals surface area contributed by atoms with Crippen molar-refractivity contribution >= 4 is 30.1 Å². The molecule has 1 unspecified atom stereocenters. The van der Waals surface area contributed by atoms with Gasteiger partial charge >= 0.3 is 0 Å². The van der Waals surface area contributed by atoms with Crippen molar-refractivity contribution in [1.82, 2.24) is 5.32 Å². The number of halogens is 1. The van der Waals surface area contributed by atoms with Gasteiger partial charge < -0.3 is 5.32 Å². The molecule has 0 saturated heterocycles. The first-order valence-electron chi connectivity index (χ1n) is 4.95. The van der Waals surface area contributed by atoms with Crippen LogP contribution in [0.15, 0.2) is 35.7 Å².